The van der Waals surface area contributed by atoms with Gasteiger partial charge < -0.3 is 24.3 Å². The molecule has 0 spiro atoms. The van der Waals surface area contributed by atoms with Gasteiger partial charge in [-0.25, -0.2) is 9.59 Å². The molecule has 2 aromatic rings. The van der Waals surface area contributed by atoms with Gasteiger partial charge in [0, 0.05) is 11.1 Å². The maximum absolute atomic E-state index is 12.8. The highest BCUT2D eigenvalue weighted by Crippen LogP contribution is 2.30. The third kappa shape index (κ3) is 4.22. The number of hydrogen-bond acceptors (Lipinski definition) is 7. The number of nitrogens with one attached hydrogen (secondary N) is 1. The van der Waals surface area contributed by atoms with E-state index >= 15 is 0 Å². The lowest BCUT2D eigenvalue weighted by molar-refractivity contribution is 0.0587. The van der Waals surface area contributed by atoms with Crippen LogP contribution in [0.2, 0.25) is 0 Å². The topological polar surface area (TPSA) is 100 Å². The van der Waals surface area contributed by atoms with Gasteiger partial charge in [-0.1, -0.05) is 0 Å². The molecule has 0 aliphatic rings. The Balaban J connectivity index is 2.47. The minimum atomic E-state index is -0.661. The number of methoxy groups -OCH3 is 4. The Kier molecular flexibility index (Phi) is 6.59. The maximum atomic E-state index is 12.8. The molecule has 0 atom stereocenters. The molecule has 148 valence electrons. The molecule has 0 radical (unpaired) electrons. The number of ether oxygens (including phenoxy) is 4. The van der Waals surface area contributed by atoms with Crippen LogP contribution in [0.15, 0.2) is 30.3 Å². The second-order valence-electron chi connectivity index (χ2n) is 5.70. The number of esters is 2. The van der Waals surface area contributed by atoms with Crippen LogP contribution in [0, 0.1) is 6.92 Å². The van der Waals surface area contributed by atoms with E-state index in [1.165, 1.54) is 46.6 Å². The normalized spacial score (nSPS) is 10.0. The molecule has 1 amide bonds. The van der Waals surface area contributed by atoms with E-state index in [9.17, 15) is 14.4 Å². The van der Waals surface area contributed by atoms with Crippen LogP contribution in [0.4, 0.5) is 5.69 Å². The van der Waals surface area contributed by atoms with Gasteiger partial charge in [0.1, 0.15) is 11.5 Å². The van der Waals surface area contributed by atoms with Gasteiger partial charge >= 0.3 is 11.9 Å². The Morgan fingerprint density at radius 3 is 1.86 bits per heavy atom. The van der Waals surface area contributed by atoms with Crippen LogP contribution in [-0.4, -0.2) is 46.3 Å². The molecular formula is C20H21NO7. The summed E-state index contributed by atoms with van der Waals surface area (Å²) in [5.74, 6) is -0.845. The van der Waals surface area contributed by atoms with Crippen molar-refractivity contribution in [1.82, 2.24) is 0 Å². The molecular weight excluding hydrogens is 366 g/mol. The molecule has 1 N–H and O–H groups in total. The largest absolute Gasteiger partial charge is 0.496 e. The van der Waals surface area contributed by atoms with Gasteiger partial charge in [0.25, 0.3) is 5.91 Å². The molecule has 0 aromatic heterocycles. The number of anilines is 1. The molecule has 0 aliphatic carbocycles. The zero-order valence-corrected chi connectivity index (χ0v) is 16.2. The minimum Gasteiger partial charge on any atom is -0.496 e. The molecule has 2 rings (SSSR count). The summed E-state index contributed by atoms with van der Waals surface area (Å²) >= 11 is 0. The highest BCUT2D eigenvalue weighted by molar-refractivity contribution is 6.09. The highest BCUT2D eigenvalue weighted by Gasteiger charge is 2.19. The fraction of sp³-hybridized carbons (Fsp3) is 0.250. The number of benzene rings is 2. The van der Waals surface area contributed by atoms with E-state index in [2.05, 4.69) is 10.1 Å². The molecule has 0 saturated carbocycles. The quantitative estimate of drug-likeness (QED) is 0.761. The summed E-state index contributed by atoms with van der Waals surface area (Å²) in [6, 6.07) is 7.23. The summed E-state index contributed by atoms with van der Waals surface area (Å²) < 4.78 is 20.0. The summed E-state index contributed by atoms with van der Waals surface area (Å²) in [7, 11) is 5.43. The van der Waals surface area contributed by atoms with Gasteiger partial charge in [-0.05, 0) is 37.3 Å². The average Bonchev–Trinajstić information content (AvgIpc) is 2.72. The summed E-state index contributed by atoms with van der Waals surface area (Å²) in [6.07, 6.45) is 0. The molecule has 0 fully saturated rings. The van der Waals surface area contributed by atoms with Crippen molar-refractivity contribution in [3.8, 4) is 11.5 Å². The first-order valence-corrected chi connectivity index (χ1v) is 8.20. The van der Waals surface area contributed by atoms with Crippen molar-refractivity contribution in [3.63, 3.8) is 0 Å². The predicted octanol–water partition coefficient (Wildman–Crippen LogP) is 2.84. The standard InChI is InChI=1S/C20H21NO7/c1-11-16(25-2)9-13(10-17(11)26-3)18(22)21-15-8-12(19(23)27-4)6-7-14(15)20(24)28-5/h6-10H,1-5H3,(H,21,22). The fourth-order valence-electron chi connectivity index (χ4n) is 2.59. The lowest BCUT2D eigenvalue weighted by atomic mass is 10.1. The van der Waals surface area contributed by atoms with E-state index in [0.29, 0.717) is 11.5 Å². The molecule has 0 bridgehead atoms. The molecule has 8 heteroatoms. The lowest BCUT2D eigenvalue weighted by Crippen LogP contribution is -2.17. The predicted molar refractivity (Wildman–Crippen MR) is 101 cm³/mol. The molecule has 0 saturated heterocycles. The van der Waals surface area contributed by atoms with Crippen molar-refractivity contribution in [2.45, 2.75) is 6.92 Å². The molecule has 0 heterocycles. The smallest absolute Gasteiger partial charge is 0.339 e. The third-order valence-corrected chi connectivity index (χ3v) is 4.11. The third-order valence-electron chi connectivity index (χ3n) is 4.11. The van der Waals surface area contributed by atoms with Gasteiger partial charge in [-0.15, -0.1) is 0 Å². The van der Waals surface area contributed by atoms with Crippen LogP contribution in [0.5, 0.6) is 11.5 Å². The first-order chi connectivity index (χ1) is 13.4. The van der Waals surface area contributed by atoms with Gasteiger partial charge in [0.2, 0.25) is 0 Å². The van der Waals surface area contributed by atoms with Crippen LogP contribution in [-0.2, 0) is 9.47 Å². The number of hydrogen-bond donors (Lipinski definition) is 1. The van der Waals surface area contributed by atoms with Crippen LogP contribution in [0.3, 0.4) is 0 Å². The van der Waals surface area contributed by atoms with Crippen molar-refractivity contribution in [1.29, 1.82) is 0 Å². The summed E-state index contributed by atoms with van der Waals surface area (Å²) in [5.41, 5.74) is 1.36. The zero-order chi connectivity index (χ0) is 20.8. The Hall–Kier alpha value is -3.55. The summed E-state index contributed by atoms with van der Waals surface area (Å²) in [4.78, 5) is 36.6. The van der Waals surface area contributed by atoms with Crippen LogP contribution < -0.4 is 14.8 Å². The van der Waals surface area contributed by atoms with E-state index in [1.807, 2.05) is 0 Å². The van der Waals surface area contributed by atoms with Crippen LogP contribution in [0.1, 0.15) is 36.6 Å². The summed E-state index contributed by atoms with van der Waals surface area (Å²) in [6.45, 7) is 1.80. The highest BCUT2D eigenvalue weighted by atomic mass is 16.5. The Morgan fingerprint density at radius 1 is 0.786 bits per heavy atom. The first kappa shape index (κ1) is 20.8. The molecule has 0 unspecified atom stereocenters. The summed E-state index contributed by atoms with van der Waals surface area (Å²) in [5, 5.41) is 2.62. The van der Waals surface area contributed by atoms with Gasteiger partial charge in [-0.3, -0.25) is 4.79 Å². The molecule has 8 nitrogen and oxygen atoms in total. The van der Waals surface area contributed by atoms with E-state index < -0.39 is 17.8 Å². The molecule has 28 heavy (non-hydrogen) atoms. The van der Waals surface area contributed by atoms with E-state index in [1.54, 1.807) is 19.1 Å². The Morgan fingerprint density at radius 2 is 1.36 bits per heavy atom. The monoisotopic (exact) mass is 387 g/mol. The van der Waals surface area contributed by atoms with Crippen LogP contribution >= 0.6 is 0 Å². The number of rotatable bonds is 6. The van der Waals surface area contributed by atoms with Crippen LogP contribution in [0.25, 0.3) is 0 Å². The van der Waals surface area contributed by atoms with Gasteiger partial charge in [-0.2, -0.15) is 0 Å². The lowest BCUT2D eigenvalue weighted by Gasteiger charge is -2.14. The Bertz CT molecular complexity index is 896. The number of carbonyl (C=O) groups is 3. The molecule has 0 aliphatic heterocycles. The maximum Gasteiger partial charge on any atom is 0.339 e. The number of amides is 1. The number of carbonyl (C=O) groups excluding carboxylic acids is 3. The van der Waals surface area contributed by atoms with Crippen molar-refractivity contribution >= 4 is 23.5 Å². The Labute approximate surface area is 162 Å². The van der Waals surface area contributed by atoms with E-state index in [0.717, 1.165) is 5.56 Å². The average molecular weight is 387 g/mol. The fourth-order valence-corrected chi connectivity index (χ4v) is 2.59. The first-order valence-electron chi connectivity index (χ1n) is 8.20. The van der Waals surface area contributed by atoms with Crippen molar-refractivity contribution in [3.05, 3.63) is 52.6 Å². The molecule has 2 aromatic carbocycles. The van der Waals surface area contributed by atoms with Crippen molar-refractivity contribution in [2.24, 2.45) is 0 Å². The van der Waals surface area contributed by atoms with Crippen molar-refractivity contribution in [2.75, 3.05) is 33.8 Å². The van der Waals surface area contributed by atoms with E-state index in [4.69, 9.17) is 14.2 Å². The second-order valence-corrected chi connectivity index (χ2v) is 5.70. The van der Waals surface area contributed by atoms with Gasteiger partial charge in [0.05, 0.1) is 45.3 Å². The minimum absolute atomic E-state index is 0.0922. The van der Waals surface area contributed by atoms with Gasteiger partial charge in [0.15, 0.2) is 0 Å². The SMILES string of the molecule is COC(=O)c1ccc(C(=O)OC)c(NC(=O)c2cc(OC)c(C)c(OC)c2)c1. The van der Waals surface area contributed by atoms with Crippen molar-refractivity contribution < 1.29 is 33.3 Å². The second kappa shape index (κ2) is 8.90. The zero-order valence-electron chi connectivity index (χ0n) is 16.2. The van der Waals surface area contributed by atoms with E-state index in [-0.39, 0.29) is 22.4 Å².